The topological polar surface area (TPSA) is 26.0 Å². The van der Waals surface area contributed by atoms with Crippen molar-refractivity contribution >= 4 is 11.6 Å². The Balaban J connectivity index is 2.68. The molecule has 1 rings (SSSR count). The van der Waals surface area contributed by atoms with E-state index in [9.17, 15) is 4.39 Å². The predicted molar refractivity (Wildman–Crippen MR) is 62.5 cm³/mol. The lowest BCUT2D eigenvalue weighted by atomic mass is 9.95. The van der Waals surface area contributed by atoms with E-state index < -0.39 is 0 Å². The van der Waals surface area contributed by atoms with E-state index in [-0.39, 0.29) is 16.9 Å². The zero-order valence-electron chi connectivity index (χ0n) is 9.13. The second-order valence-electron chi connectivity index (χ2n) is 4.24. The van der Waals surface area contributed by atoms with Gasteiger partial charge in [-0.3, -0.25) is 0 Å². The van der Waals surface area contributed by atoms with E-state index in [2.05, 4.69) is 6.92 Å². The summed E-state index contributed by atoms with van der Waals surface area (Å²) in [4.78, 5) is 0. The van der Waals surface area contributed by atoms with E-state index in [1.165, 1.54) is 0 Å². The van der Waals surface area contributed by atoms with Crippen molar-refractivity contribution in [2.75, 3.05) is 0 Å². The van der Waals surface area contributed by atoms with E-state index >= 15 is 0 Å². The Bertz CT molecular complexity index is 325. The van der Waals surface area contributed by atoms with E-state index in [0.29, 0.717) is 17.9 Å². The minimum atomic E-state index is -0.296. The van der Waals surface area contributed by atoms with Gasteiger partial charge in [-0.25, -0.2) is 4.39 Å². The SMILES string of the molecule is CC(N)CC(C)Cc1cccc(Cl)c1F. The van der Waals surface area contributed by atoms with Gasteiger partial charge in [0.25, 0.3) is 0 Å². The first-order valence-corrected chi connectivity index (χ1v) is 5.57. The van der Waals surface area contributed by atoms with Gasteiger partial charge in [-0.15, -0.1) is 0 Å². The van der Waals surface area contributed by atoms with Gasteiger partial charge in [0.2, 0.25) is 0 Å². The summed E-state index contributed by atoms with van der Waals surface area (Å²) >= 11 is 5.70. The van der Waals surface area contributed by atoms with Crippen molar-refractivity contribution in [3.63, 3.8) is 0 Å². The van der Waals surface area contributed by atoms with Crippen molar-refractivity contribution in [3.8, 4) is 0 Å². The summed E-state index contributed by atoms with van der Waals surface area (Å²) in [5, 5.41) is 0.195. The van der Waals surface area contributed by atoms with Crippen LogP contribution in [0.15, 0.2) is 18.2 Å². The Labute approximate surface area is 95.4 Å². The fourth-order valence-electron chi connectivity index (χ4n) is 1.80. The van der Waals surface area contributed by atoms with Crippen LogP contribution in [0.1, 0.15) is 25.8 Å². The molecule has 0 fully saturated rings. The number of hydrogen-bond donors (Lipinski definition) is 1. The van der Waals surface area contributed by atoms with E-state index in [4.69, 9.17) is 17.3 Å². The Morgan fingerprint density at radius 1 is 1.40 bits per heavy atom. The van der Waals surface area contributed by atoms with Crippen LogP contribution in [0.2, 0.25) is 5.02 Å². The quantitative estimate of drug-likeness (QED) is 0.842. The maximum Gasteiger partial charge on any atom is 0.144 e. The number of benzene rings is 1. The fraction of sp³-hybridized carbons (Fsp3) is 0.500. The average Bonchev–Trinajstić information content (AvgIpc) is 2.11. The lowest BCUT2D eigenvalue weighted by Crippen LogP contribution is -2.19. The third kappa shape index (κ3) is 3.80. The van der Waals surface area contributed by atoms with E-state index in [1.807, 2.05) is 6.92 Å². The van der Waals surface area contributed by atoms with Gasteiger partial charge in [0.1, 0.15) is 5.82 Å². The first-order valence-electron chi connectivity index (χ1n) is 5.19. The number of rotatable bonds is 4. The van der Waals surface area contributed by atoms with Crippen molar-refractivity contribution in [1.82, 2.24) is 0 Å². The highest BCUT2D eigenvalue weighted by Gasteiger charge is 2.11. The average molecular weight is 230 g/mol. The van der Waals surface area contributed by atoms with Crippen LogP contribution in [0.25, 0.3) is 0 Å². The van der Waals surface area contributed by atoms with Crippen LogP contribution in [0, 0.1) is 11.7 Å². The summed E-state index contributed by atoms with van der Waals surface area (Å²) in [5.41, 5.74) is 6.37. The minimum absolute atomic E-state index is 0.155. The molecule has 0 aliphatic rings. The largest absolute Gasteiger partial charge is 0.328 e. The van der Waals surface area contributed by atoms with Gasteiger partial charge < -0.3 is 5.73 Å². The molecule has 0 spiro atoms. The molecule has 15 heavy (non-hydrogen) atoms. The second-order valence-corrected chi connectivity index (χ2v) is 4.64. The fourth-order valence-corrected chi connectivity index (χ4v) is 1.99. The van der Waals surface area contributed by atoms with Gasteiger partial charge >= 0.3 is 0 Å². The molecule has 3 heteroatoms. The smallest absolute Gasteiger partial charge is 0.144 e. The molecule has 1 nitrogen and oxygen atoms in total. The number of nitrogens with two attached hydrogens (primary N) is 1. The van der Waals surface area contributed by atoms with Crippen molar-refractivity contribution in [2.24, 2.45) is 11.7 Å². The predicted octanol–water partition coefficient (Wildman–Crippen LogP) is 3.40. The van der Waals surface area contributed by atoms with Crippen LogP contribution in [0.5, 0.6) is 0 Å². The zero-order valence-corrected chi connectivity index (χ0v) is 9.89. The molecule has 0 amide bonds. The van der Waals surface area contributed by atoms with Gasteiger partial charge in [0, 0.05) is 6.04 Å². The van der Waals surface area contributed by atoms with Gasteiger partial charge in [-0.2, -0.15) is 0 Å². The minimum Gasteiger partial charge on any atom is -0.328 e. The molecule has 1 aromatic rings. The molecule has 0 heterocycles. The van der Waals surface area contributed by atoms with Crippen LogP contribution >= 0.6 is 11.6 Å². The Morgan fingerprint density at radius 2 is 2.07 bits per heavy atom. The highest BCUT2D eigenvalue weighted by atomic mass is 35.5. The normalized spacial score (nSPS) is 15.0. The van der Waals surface area contributed by atoms with Crippen LogP contribution in [-0.2, 0) is 6.42 Å². The number of hydrogen-bond acceptors (Lipinski definition) is 1. The summed E-state index contributed by atoms with van der Waals surface area (Å²) in [6.45, 7) is 4.04. The highest BCUT2D eigenvalue weighted by Crippen LogP contribution is 2.21. The molecule has 0 aromatic heterocycles. The standard InChI is InChI=1S/C12H17ClFN/c1-8(6-9(2)15)7-10-4-3-5-11(13)12(10)14/h3-5,8-9H,6-7,15H2,1-2H3. The Hall–Kier alpha value is -0.600. The molecule has 2 unspecified atom stereocenters. The maximum atomic E-state index is 13.5. The molecular weight excluding hydrogens is 213 g/mol. The summed E-state index contributed by atoms with van der Waals surface area (Å²) in [6, 6.07) is 5.27. The van der Waals surface area contributed by atoms with Crippen LogP contribution in [0.3, 0.4) is 0 Å². The third-order valence-corrected chi connectivity index (χ3v) is 2.67. The summed E-state index contributed by atoms with van der Waals surface area (Å²) in [6.07, 6.45) is 1.58. The Morgan fingerprint density at radius 3 is 2.67 bits per heavy atom. The molecule has 0 saturated carbocycles. The molecule has 1 aromatic carbocycles. The molecule has 0 saturated heterocycles. The molecule has 0 radical (unpaired) electrons. The molecule has 0 bridgehead atoms. The summed E-state index contributed by atoms with van der Waals surface area (Å²) in [5.74, 6) is 0.0775. The van der Waals surface area contributed by atoms with Gasteiger partial charge in [-0.05, 0) is 37.3 Å². The highest BCUT2D eigenvalue weighted by molar-refractivity contribution is 6.30. The molecule has 2 atom stereocenters. The van der Waals surface area contributed by atoms with Crippen molar-refractivity contribution < 1.29 is 4.39 Å². The molecule has 84 valence electrons. The zero-order chi connectivity index (χ0) is 11.4. The molecule has 2 N–H and O–H groups in total. The first-order chi connectivity index (χ1) is 7.00. The van der Waals surface area contributed by atoms with Crippen molar-refractivity contribution in [3.05, 3.63) is 34.6 Å². The lowest BCUT2D eigenvalue weighted by Gasteiger charge is -2.14. The number of halogens is 2. The first kappa shape index (κ1) is 12.5. The maximum absolute atomic E-state index is 13.5. The van der Waals surface area contributed by atoms with Gasteiger partial charge in [0.05, 0.1) is 5.02 Å². The third-order valence-electron chi connectivity index (χ3n) is 2.37. The summed E-state index contributed by atoms with van der Waals surface area (Å²) < 4.78 is 13.5. The van der Waals surface area contributed by atoms with E-state index in [1.54, 1.807) is 18.2 Å². The van der Waals surface area contributed by atoms with Gasteiger partial charge in [-0.1, -0.05) is 30.7 Å². The molecule has 0 aliphatic carbocycles. The van der Waals surface area contributed by atoms with Crippen molar-refractivity contribution in [2.45, 2.75) is 32.7 Å². The van der Waals surface area contributed by atoms with Crippen LogP contribution in [-0.4, -0.2) is 6.04 Å². The Kier molecular flexibility index (Phi) is 4.55. The lowest BCUT2D eigenvalue weighted by molar-refractivity contribution is 0.469. The van der Waals surface area contributed by atoms with Crippen molar-refractivity contribution in [1.29, 1.82) is 0 Å². The monoisotopic (exact) mass is 229 g/mol. The molecule has 0 aliphatic heterocycles. The van der Waals surface area contributed by atoms with Crippen LogP contribution < -0.4 is 5.73 Å². The summed E-state index contributed by atoms with van der Waals surface area (Å²) in [7, 11) is 0. The van der Waals surface area contributed by atoms with E-state index in [0.717, 1.165) is 6.42 Å². The van der Waals surface area contributed by atoms with Gasteiger partial charge in [0.15, 0.2) is 0 Å². The van der Waals surface area contributed by atoms with Crippen LogP contribution in [0.4, 0.5) is 4.39 Å². The molecular formula is C12H17ClFN. The second kappa shape index (κ2) is 5.47.